The quantitative estimate of drug-likeness (QED) is 0.732. The van der Waals surface area contributed by atoms with Crippen LogP contribution < -0.4 is 0 Å². The molecule has 1 unspecified atom stereocenters. The molecule has 0 saturated carbocycles. The van der Waals surface area contributed by atoms with Gasteiger partial charge in [-0.05, 0) is 18.4 Å². The van der Waals surface area contributed by atoms with Crippen molar-refractivity contribution in [3.05, 3.63) is 76.9 Å². The highest BCUT2D eigenvalue weighted by molar-refractivity contribution is 6.24. The van der Waals surface area contributed by atoms with Crippen molar-refractivity contribution in [2.45, 2.75) is 26.7 Å². The molecule has 0 saturated heterocycles. The molecule has 0 bridgehead atoms. The number of aliphatic imine (C=N–C) groups is 1. The Labute approximate surface area is 164 Å². The van der Waals surface area contributed by atoms with Crippen LogP contribution in [0.1, 0.15) is 48.2 Å². The van der Waals surface area contributed by atoms with E-state index in [9.17, 15) is 9.59 Å². The van der Waals surface area contributed by atoms with Gasteiger partial charge in [0.25, 0.3) is 0 Å². The first-order chi connectivity index (χ1) is 13.5. The van der Waals surface area contributed by atoms with E-state index in [1.807, 2.05) is 75.4 Å². The molecule has 2 atom stereocenters. The van der Waals surface area contributed by atoms with Crippen molar-refractivity contribution < 1.29 is 14.3 Å². The van der Waals surface area contributed by atoms with E-state index in [1.54, 1.807) is 0 Å². The SMILES string of the molecule is CC1=NC2=C(C(=O)c3ccccc32)[C@@H](c2ccccc2)C1C(=O)OCC(C)C. The molecule has 4 heteroatoms. The predicted molar refractivity (Wildman–Crippen MR) is 109 cm³/mol. The van der Waals surface area contributed by atoms with E-state index in [4.69, 9.17) is 9.73 Å². The molecule has 2 aromatic carbocycles. The number of benzene rings is 2. The number of hydrogen-bond donors (Lipinski definition) is 0. The van der Waals surface area contributed by atoms with Gasteiger partial charge in [-0.2, -0.15) is 0 Å². The zero-order chi connectivity index (χ0) is 19.8. The minimum absolute atomic E-state index is 0.0441. The Morgan fingerprint density at radius 3 is 2.36 bits per heavy atom. The van der Waals surface area contributed by atoms with Crippen molar-refractivity contribution in [2.24, 2.45) is 16.8 Å². The Balaban J connectivity index is 1.84. The molecule has 1 heterocycles. The van der Waals surface area contributed by atoms with Gasteiger partial charge in [-0.25, -0.2) is 0 Å². The zero-order valence-corrected chi connectivity index (χ0v) is 16.3. The molecular formula is C24H23NO3. The minimum atomic E-state index is -0.599. The van der Waals surface area contributed by atoms with Gasteiger partial charge < -0.3 is 4.74 Å². The van der Waals surface area contributed by atoms with Crippen LogP contribution in [0.4, 0.5) is 0 Å². The number of carbonyl (C=O) groups excluding carboxylic acids is 2. The smallest absolute Gasteiger partial charge is 0.315 e. The van der Waals surface area contributed by atoms with E-state index >= 15 is 0 Å². The first-order valence-corrected chi connectivity index (χ1v) is 9.64. The highest BCUT2D eigenvalue weighted by Crippen LogP contribution is 2.47. The Bertz CT molecular complexity index is 1000. The predicted octanol–water partition coefficient (Wildman–Crippen LogP) is 4.67. The van der Waals surface area contributed by atoms with E-state index in [2.05, 4.69) is 0 Å². The molecule has 1 aliphatic carbocycles. The number of Topliss-reactive ketones (excluding diaryl/α,β-unsaturated/α-hetero) is 1. The molecule has 2 aromatic rings. The first kappa shape index (κ1) is 18.4. The topological polar surface area (TPSA) is 55.7 Å². The van der Waals surface area contributed by atoms with Gasteiger partial charge in [-0.15, -0.1) is 0 Å². The summed E-state index contributed by atoms with van der Waals surface area (Å²) < 4.78 is 5.57. The van der Waals surface area contributed by atoms with Crippen LogP contribution in [0.15, 0.2) is 65.2 Å². The van der Waals surface area contributed by atoms with Gasteiger partial charge in [0.15, 0.2) is 5.78 Å². The van der Waals surface area contributed by atoms with Crippen molar-refractivity contribution >= 4 is 23.2 Å². The maximum atomic E-state index is 13.3. The monoisotopic (exact) mass is 373 g/mol. The summed E-state index contributed by atoms with van der Waals surface area (Å²) in [5.74, 6) is -1.12. The number of carbonyl (C=O) groups is 2. The molecule has 1 aliphatic heterocycles. The van der Waals surface area contributed by atoms with Gasteiger partial charge in [0.1, 0.15) is 5.92 Å². The molecule has 0 spiro atoms. The number of esters is 1. The summed E-state index contributed by atoms with van der Waals surface area (Å²) in [4.78, 5) is 31.0. The van der Waals surface area contributed by atoms with E-state index in [0.717, 1.165) is 11.1 Å². The molecule has 0 fully saturated rings. The van der Waals surface area contributed by atoms with Crippen molar-refractivity contribution in [1.82, 2.24) is 0 Å². The molecule has 0 amide bonds. The Morgan fingerprint density at radius 2 is 1.68 bits per heavy atom. The van der Waals surface area contributed by atoms with Gasteiger partial charge in [-0.3, -0.25) is 14.6 Å². The molecule has 4 rings (SSSR count). The van der Waals surface area contributed by atoms with E-state index in [1.165, 1.54) is 0 Å². The van der Waals surface area contributed by atoms with Crippen molar-refractivity contribution in [2.75, 3.05) is 6.61 Å². The number of allylic oxidation sites excluding steroid dienone is 1. The molecule has 0 aromatic heterocycles. The molecule has 0 radical (unpaired) electrons. The van der Waals surface area contributed by atoms with Crippen LogP contribution in [0, 0.1) is 11.8 Å². The summed E-state index contributed by atoms with van der Waals surface area (Å²) >= 11 is 0. The maximum Gasteiger partial charge on any atom is 0.315 e. The number of hydrogen-bond acceptors (Lipinski definition) is 4. The van der Waals surface area contributed by atoms with Gasteiger partial charge in [0.05, 0.1) is 12.3 Å². The van der Waals surface area contributed by atoms with E-state index in [0.29, 0.717) is 29.2 Å². The number of nitrogens with zero attached hydrogens (tertiary/aromatic N) is 1. The van der Waals surface area contributed by atoms with E-state index in [-0.39, 0.29) is 17.7 Å². The number of ether oxygens (including phenoxy) is 1. The summed E-state index contributed by atoms with van der Waals surface area (Å²) in [6.07, 6.45) is 0. The maximum absolute atomic E-state index is 13.3. The van der Waals surface area contributed by atoms with Crippen LogP contribution in [0.2, 0.25) is 0 Å². The fraction of sp³-hybridized carbons (Fsp3) is 0.292. The highest BCUT2D eigenvalue weighted by Gasteiger charge is 2.46. The normalized spacial score (nSPS) is 20.7. The number of ketones is 1. The molecular weight excluding hydrogens is 350 g/mol. The van der Waals surface area contributed by atoms with Crippen LogP contribution in [-0.4, -0.2) is 24.1 Å². The van der Waals surface area contributed by atoms with Crippen LogP contribution in [0.5, 0.6) is 0 Å². The van der Waals surface area contributed by atoms with Crippen molar-refractivity contribution in [1.29, 1.82) is 0 Å². The largest absolute Gasteiger partial charge is 0.465 e. The average molecular weight is 373 g/mol. The van der Waals surface area contributed by atoms with Gasteiger partial charge in [0, 0.05) is 28.3 Å². The molecule has 2 aliphatic rings. The number of rotatable bonds is 4. The van der Waals surface area contributed by atoms with Crippen molar-refractivity contribution in [3.8, 4) is 0 Å². The van der Waals surface area contributed by atoms with Gasteiger partial charge >= 0.3 is 5.97 Å². The second kappa shape index (κ2) is 7.19. The zero-order valence-electron chi connectivity index (χ0n) is 16.3. The Morgan fingerprint density at radius 1 is 1.04 bits per heavy atom. The third kappa shape index (κ3) is 2.99. The summed E-state index contributed by atoms with van der Waals surface area (Å²) in [5.41, 5.74) is 4.41. The van der Waals surface area contributed by atoms with Crippen LogP contribution in [-0.2, 0) is 9.53 Å². The summed E-state index contributed by atoms with van der Waals surface area (Å²) in [6.45, 7) is 6.21. The first-order valence-electron chi connectivity index (χ1n) is 9.64. The van der Waals surface area contributed by atoms with Gasteiger partial charge in [-0.1, -0.05) is 68.4 Å². The highest BCUT2D eigenvalue weighted by atomic mass is 16.5. The lowest BCUT2D eigenvalue weighted by Crippen LogP contribution is -2.35. The summed E-state index contributed by atoms with van der Waals surface area (Å²) in [5, 5.41) is 0. The Hall–Kier alpha value is -3.01. The minimum Gasteiger partial charge on any atom is -0.465 e. The molecule has 28 heavy (non-hydrogen) atoms. The summed E-state index contributed by atoms with van der Waals surface area (Å²) in [6, 6.07) is 17.2. The lowest BCUT2D eigenvalue weighted by molar-refractivity contribution is -0.147. The van der Waals surface area contributed by atoms with Gasteiger partial charge in [0.2, 0.25) is 0 Å². The standard InChI is InChI=1S/C24H23NO3/c1-14(2)13-28-24(27)19-15(3)25-22-17-11-7-8-12-18(17)23(26)21(22)20(19)16-9-5-4-6-10-16/h4-12,14,19-20H,13H2,1-3H3/t19?,20-/m0/s1. The third-order valence-electron chi connectivity index (χ3n) is 5.28. The number of fused-ring (bicyclic) bond motifs is 2. The lowest BCUT2D eigenvalue weighted by Gasteiger charge is -2.30. The second-order valence-electron chi connectivity index (χ2n) is 7.78. The lowest BCUT2D eigenvalue weighted by atomic mass is 9.75. The second-order valence-corrected chi connectivity index (χ2v) is 7.78. The molecule has 142 valence electrons. The van der Waals surface area contributed by atoms with E-state index < -0.39 is 11.8 Å². The average Bonchev–Trinajstić information content (AvgIpc) is 2.98. The summed E-state index contributed by atoms with van der Waals surface area (Å²) in [7, 11) is 0. The fourth-order valence-electron chi connectivity index (χ4n) is 4.01. The Kier molecular flexibility index (Phi) is 4.71. The van der Waals surface area contributed by atoms with Crippen LogP contribution >= 0.6 is 0 Å². The molecule has 0 N–H and O–H groups in total. The third-order valence-corrected chi connectivity index (χ3v) is 5.28. The van der Waals surface area contributed by atoms with Crippen LogP contribution in [0.25, 0.3) is 5.70 Å². The van der Waals surface area contributed by atoms with Crippen molar-refractivity contribution in [3.63, 3.8) is 0 Å². The fourth-order valence-corrected chi connectivity index (χ4v) is 4.01. The van der Waals surface area contributed by atoms with Crippen LogP contribution in [0.3, 0.4) is 0 Å². The molecule has 4 nitrogen and oxygen atoms in total.